The Kier molecular flexibility index (Phi) is 4.82. The van der Waals surface area contributed by atoms with Crippen LogP contribution in [-0.4, -0.2) is 14.2 Å². The summed E-state index contributed by atoms with van der Waals surface area (Å²) in [6.45, 7) is 5.59. The van der Waals surface area contributed by atoms with E-state index in [1.807, 2.05) is 38.1 Å². The third-order valence-corrected chi connectivity index (χ3v) is 6.93. The van der Waals surface area contributed by atoms with Gasteiger partial charge in [-0.05, 0) is 62.2 Å². The van der Waals surface area contributed by atoms with Gasteiger partial charge < -0.3 is 4.90 Å². The van der Waals surface area contributed by atoms with Gasteiger partial charge in [-0.1, -0.05) is 35.9 Å². The van der Waals surface area contributed by atoms with Crippen LogP contribution in [0.5, 0.6) is 0 Å². The Labute approximate surface area is 175 Å². The first kappa shape index (κ1) is 20.0. The van der Waals surface area contributed by atoms with Crippen LogP contribution in [0.25, 0.3) is 0 Å². The van der Waals surface area contributed by atoms with Gasteiger partial charge >= 0.3 is 0 Å². The van der Waals surface area contributed by atoms with Gasteiger partial charge in [0.05, 0.1) is 10.6 Å². The molecule has 0 unspecified atom stereocenters. The van der Waals surface area contributed by atoms with Gasteiger partial charge in [0, 0.05) is 17.5 Å². The molecule has 0 atom stereocenters. The molecule has 0 spiro atoms. The zero-order valence-corrected chi connectivity index (χ0v) is 17.6. The van der Waals surface area contributed by atoms with Crippen molar-refractivity contribution < 1.29 is 17.6 Å². The number of sulfone groups is 1. The number of fused-ring (bicyclic) bond motifs is 1. The summed E-state index contributed by atoms with van der Waals surface area (Å²) in [5, 5.41) is 0. The van der Waals surface area contributed by atoms with E-state index in [2.05, 4.69) is 0 Å². The summed E-state index contributed by atoms with van der Waals surface area (Å²) in [4.78, 5) is 14.4. The van der Waals surface area contributed by atoms with Crippen molar-refractivity contribution in [1.29, 1.82) is 0 Å². The number of hydrogen-bond donors (Lipinski definition) is 0. The second-order valence-corrected chi connectivity index (χ2v) is 9.35. The Hall–Kier alpha value is -3.25. The molecule has 1 heterocycles. The molecule has 4 rings (SSSR count). The molecule has 0 aliphatic carbocycles. The van der Waals surface area contributed by atoms with E-state index in [0.29, 0.717) is 16.8 Å². The Morgan fingerprint density at radius 3 is 2.33 bits per heavy atom. The maximum absolute atomic E-state index is 14.0. The van der Waals surface area contributed by atoms with Crippen LogP contribution in [0, 0.1) is 26.6 Å². The lowest BCUT2D eigenvalue weighted by atomic mass is 10.0. The highest BCUT2D eigenvalue weighted by Gasteiger charge is 2.36. The number of allylic oxidation sites excluding steroid dienone is 1. The van der Waals surface area contributed by atoms with E-state index in [-0.39, 0.29) is 15.5 Å². The molecule has 6 heteroatoms. The number of rotatable bonds is 3. The Morgan fingerprint density at radius 2 is 1.63 bits per heavy atom. The molecule has 0 radical (unpaired) electrons. The fourth-order valence-corrected chi connectivity index (χ4v) is 5.17. The highest BCUT2D eigenvalue weighted by Crippen LogP contribution is 2.41. The number of benzene rings is 3. The topological polar surface area (TPSA) is 54.5 Å². The molecule has 3 aromatic carbocycles. The van der Waals surface area contributed by atoms with Crippen molar-refractivity contribution in [3.63, 3.8) is 0 Å². The average Bonchev–Trinajstić information content (AvgIpc) is 2.67. The molecule has 0 amide bonds. The number of Topliss-reactive ketones (excluding diaryl/α,β-unsaturated/α-hetero) is 1. The number of halogens is 1. The molecule has 152 valence electrons. The van der Waals surface area contributed by atoms with Crippen LogP contribution in [0.4, 0.5) is 15.8 Å². The van der Waals surface area contributed by atoms with Gasteiger partial charge in [0.2, 0.25) is 15.6 Å². The first-order valence-corrected chi connectivity index (χ1v) is 10.9. The number of ketones is 1. The lowest BCUT2D eigenvalue weighted by molar-refractivity contribution is 0.104. The predicted molar refractivity (Wildman–Crippen MR) is 115 cm³/mol. The smallest absolute Gasteiger partial charge is 0.214 e. The standard InChI is InChI=1S/C24H20FNO3S/c1-15-5-4-6-19(12-15)26-14-23(24(27)20-9-7-16(2)11-17(20)3)30(28,29)22-10-8-18(25)13-21(22)26/h4-14H,1-3H3. The van der Waals surface area contributed by atoms with Gasteiger partial charge in [-0.15, -0.1) is 0 Å². The number of nitrogens with zero attached hydrogens (tertiary/aromatic N) is 1. The maximum Gasteiger partial charge on any atom is 0.214 e. The van der Waals surface area contributed by atoms with E-state index in [1.54, 1.807) is 30.0 Å². The van der Waals surface area contributed by atoms with E-state index >= 15 is 0 Å². The van der Waals surface area contributed by atoms with E-state index in [0.717, 1.165) is 17.2 Å². The van der Waals surface area contributed by atoms with Gasteiger partial charge in [0.1, 0.15) is 10.7 Å². The molecule has 4 nitrogen and oxygen atoms in total. The molecule has 30 heavy (non-hydrogen) atoms. The summed E-state index contributed by atoms with van der Waals surface area (Å²) in [6.07, 6.45) is 1.30. The number of aryl methyl sites for hydroxylation is 3. The highest BCUT2D eigenvalue weighted by atomic mass is 32.2. The minimum absolute atomic E-state index is 0.0963. The van der Waals surface area contributed by atoms with Crippen LogP contribution in [-0.2, 0) is 9.84 Å². The molecular formula is C24H20FNO3S. The molecule has 3 aromatic rings. The second-order valence-electron chi connectivity index (χ2n) is 7.47. The summed E-state index contributed by atoms with van der Waals surface area (Å²) in [6, 6.07) is 16.1. The van der Waals surface area contributed by atoms with Crippen molar-refractivity contribution in [3.8, 4) is 0 Å². The summed E-state index contributed by atoms with van der Waals surface area (Å²) in [7, 11) is -4.12. The maximum atomic E-state index is 14.0. The molecule has 1 aliphatic rings. The number of anilines is 2. The first-order valence-electron chi connectivity index (χ1n) is 9.43. The van der Waals surface area contributed by atoms with E-state index in [4.69, 9.17) is 0 Å². The number of hydrogen-bond acceptors (Lipinski definition) is 4. The van der Waals surface area contributed by atoms with Crippen LogP contribution in [0.2, 0.25) is 0 Å². The zero-order chi connectivity index (χ0) is 21.6. The molecule has 0 aromatic heterocycles. The molecule has 0 saturated heterocycles. The molecule has 0 saturated carbocycles. The molecule has 0 N–H and O–H groups in total. The first-order chi connectivity index (χ1) is 14.2. The van der Waals surface area contributed by atoms with Gasteiger partial charge in [-0.25, -0.2) is 12.8 Å². The number of carbonyl (C=O) groups excluding carboxylic acids is 1. The SMILES string of the molecule is Cc1cccc(N2C=C(C(=O)c3ccc(C)cc3C)S(=O)(=O)c3ccc(F)cc32)c1. The Bertz CT molecular complexity index is 1330. The lowest BCUT2D eigenvalue weighted by Gasteiger charge is -2.29. The van der Waals surface area contributed by atoms with Gasteiger partial charge in [-0.3, -0.25) is 4.79 Å². The third-order valence-electron chi connectivity index (χ3n) is 5.14. The fourth-order valence-electron chi connectivity index (χ4n) is 3.65. The van der Waals surface area contributed by atoms with Gasteiger partial charge in [0.15, 0.2) is 0 Å². The summed E-state index contributed by atoms with van der Waals surface area (Å²) in [5.74, 6) is -1.14. The zero-order valence-electron chi connectivity index (χ0n) is 16.8. The van der Waals surface area contributed by atoms with Crippen molar-refractivity contribution in [2.75, 3.05) is 4.90 Å². The minimum atomic E-state index is -4.12. The molecular weight excluding hydrogens is 401 g/mol. The molecule has 1 aliphatic heterocycles. The second kappa shape index (κ2) is 7.22. The molecule has 0 fully saturated rings. The summed E-state index contributed by atoms with van der Waals surface area (Å²) < 4.78 is 40.6. The van der Waals surface area contributed by atoms with Crippen LogP contribution in [0.3, 0.4) is 0 Å². The van der Waals surface area contributed by atoms with E-state index in [1.165, 1.54) is 18.3 Å². The largest absolute Gasteiger partial charge is 0.314 e. The van der Waals surface area contributed by atoms with E-state index in [9.17, 15) is 17.6 Å². The third kappa shape index (κ3) is 3.33. The fraction of sp³-hybridized carbons (Fsp3) is 0.125. The van der Waals surface area contributed by atoms with Crippen molar-refractivity contribution in [1.82, 2.24) is 0 Å². The van der Waals surface area contributed by atoms with Crippen LogP contribution in [0.15, 0.2) is 76.7 Å². The van der Waals surface area contributed by atoms with Crippen molar-refractivity contribution >= 4 is 27.0 Å². The van der Waals surface area contributed by atoms with Crippen LogP contribution < -0.4 is 4.90 Å². The quantitative estimate of drug-likeness (QED) is 0.420. The monoisotopic (exact) mass is 421 g/mol. The van der Waals surface area contributed by atoms with Crippen LogP contribution >= 0.6 is 0 Å². The Balaban J connectivity index is 1.96. The normalized spacial score (nSPS) is 14.8. The van der Waals surface area contributed by atoms with Crippen LogP contribution in [0.1, 0.15) is 27.0 Å². The molecule has 0 bridgehead atoms. The number of carbonyl (C=O) groups is 1. The van der Waals surface area contributed by atoms with E-state index < -0.39 is 21.4 Å². The van der Waals surface area contributed by atoms with Crippen molar-refractivity contribution in [2.24, 2.45) is 0 Å². The van der Waals surface area contributed by atoms with Gasteiger partial charge in [-0.2, -0.15) is 0 Å². The average molecular weight is 421 g/mol. The minimum Gasteiger partial charge on any atom is -0.314 e. The summed E-state index contributed by atoms with van der Waals surface area (Å²) >= 11 is 0. The van der Waals surface area contributed by atoms with Gasteiger partial charge in [0.25, 0.3) is 0 Å². The van der Waals surface area contributed by atoms with Crippen molar-refractivity contribution in [2.45, 2.75) is 25.7 Å². The Morgan fingerprint density at radius 1 is 0.900 bits per heavy atom. The van der Waals surface area contributed by atoms with Crippen molar-refractivity contribution in [3.05, 3.63) is 99.8 Å². The summed E-state index contributed by atoms with van der Waals surface area (Å²) in [5.41, 5.74) is 3.77. The predicted octanol–water partition coefficient (Wildman–Crippen LogP) is 5.40. The lowest BCUT2D eigenvalue weighted by Crippen LogP contribution is -2.26. The highest BCUT2D eigenvalue weighted by molar-refractivity contribution is 7.96.